The van der Waals surface area contributed by atoms with Crippen LogP contribution < -0.4 is 15.4 Å². The molecule has 1 saturated heterocycles. The number of nitrogens with two attached hydrogens (primary N) is 1. The van der Waals surface area contributed by atoms with Crippen molar-refractivity contribution in [1.29, 1.82) is 0 Å². The van der Waals surface area contributed by atoms with E-state index in [1.807, 2.05) is 13.0 Å². The average Bonchev–Trinajstić information content (AvgIpc) is 2.61. The van der Waals surface area contributed by atoms with Crippen LogP contribution >= 0.6 is 15.9 Å². The highest BCUT2D eigenvalue weighted by molar-refractivity contribution is 9.10. The van der Waals surface area contributed by atoms with E-state index in [0.717, 1.165) is 43.5 Å². The molecule has 0 saturated carbocycles. The summed E-state index contributed by atoms with van der Waals surface area (Å²) in [6, 6.07) is 3.18. The van der Waals surface area contributed by atoms with Gasteiger partial charge in [-0.25, -0.2) is 23.5 Å². The number of anilines is 2. The number of amides is 1. The smallest absolute Gasteiger partial charge is 0.274 e. The number of carbonyl (C=O) groups excluding carboxylic acids is 1. The number of carbonyl (C=O) groups is 1. The van der Waals surface area contributed by atoms with Crippen LogP contribution in [0.2, 0.25) is 0 Å². The summed E-state index contributed by atoms with van der Waals surface area (Å²) in [5, 5.41) is 7.82. The Balaban J connectivity index is 1.76. The predicted octanol–water partition coefficient (Wildman–Crippen LogP) is 2.44. The number of hydrogen-bond donors (Lipinski definition) is 2. The van der Waals surface area contributed by atoms with E-state index in [-0.39, 0.29) is 15.1 Å². The molecule has 0 aromatic carbocycles. The van der Waals surface area contributed by atoms with Crippen LogP contribution in [0.4, 0.5) is 11.5 Å². The number of hydrogen-bond acceptors (Lipinski definition) is 6. The van der Waals surface area contributed by atoms with Crippen molar-refractivity contribution in [3.8, 4) is 0 Å². The Morgan fingerprint density at radius 3 is 2.48 bits per heavy atom. The van der Waals surface area contributed by atoms with E-state index in [9.17, 15) is 13.2 Å². The molecule has 0 unspecified atom stereocenters. The van der Waals surface area contributed by atoms with Crippen molar-refractivity contribution >= 4 is 43.4 Å². The summed E-state index contributed by atoms with van der Waals surface area (Å²) >= 11 is 3.10. The second-order valence-electron chi connectivity index (χ2n) is 6.41. The lowest BCUT2D eigenvalue weighted by Crippen LogP contribution is -2.30. The van der Waals surface area contributed by atoms with Crippen LogP contribution in [0.5, 0.6) is 0 Å². The van der Waals surface area contributed by atoms with Crippen LogP contribution in [-0.4, -0.2) is 37.4 Å². The lowest BCUT2D eigenvalue weighted by molar-refractivity contribution is 0.102. The van der Waals surface area contributed by atoms with E-state index in [1.54, 1.807) is 6.20 Å². The van der Waals surface area contributed by atoms with E-state index in [1.165, 1.54) is 12.5 Å². The zero-order valence-corrected chi connectivity index (χ0v) is 17.2. The summed E-state index contributed by atoms with van der Waals surface area (Å²) in [6.45, 7) is 3.95. The third kappa shape index (κ3) is 4.63. The number of primary sulfonamides is 1. The van der Waals surface area contributed by atoms with Gasteiger partial charge in [0.05, 0.1) is 11.9 Å². The van der Waals surface area contributed by atoms with Crippen molar-refractivity contribution in [3.63, 3.8) is 0 Å². The van der Waals surface area contributed by atoms with Crippen LogP contribution in [-0.2, 0) is 10.0 Å². The first kappa shape index (κ1) is 19.7. The van der Waals surface area contributed by atoms with Gasteiger partial charge in [0.2, 0.25) is 10.0 Å². The molecule has 0 radical (unpaired) electrons. The van der Waals surface area contributed by atoms with Crippen molar-refractivity contribution in [1.82, 2.24) is 9.97 Å². The fraction of sp³-hybridized carbons (Fsp3) is 0.353. The first-order chi connectivity index (χ1) is 12.8. The zero-order valence-electron chi connectivity index (χ0n) is 14.8. The second-order valence-corrected chi connectivity index (χ2v) is 8.80. The summed E-state index contributed by atoms with van der Waals surface area (Å²) in [4.78, 5) is 22.9. The molecular weight excluding hydrogens is 434 g/mol. The average molecular weight is 454 g/mol. The molecule has 1 aliphatic heterocycles. The fourth-order valence-electron chi connectivity index (χ4n) is 3.02. The molecule has 3 N–H and O–H groups in total. The van der Waals surface area contributed by atoms with E-state index >= 15 is 0 Å². The number of aromatic nitrogens is 2. The number of halogens is 1. The Bertz CT molecular complexity index is 975. The van der Waals surface area contributed by atoms with Crippen LogP contribution in [0.25, 0.3) is 0 Å². The van der Waals surface area contributed by atoms with Crippen molar-refractivity contribution in [3.05, 3.63) is 40.3 Å². The molecule has 3 rings (SSSR count). The maximum atomic E-state index is 12.4. The molecule has 10 heteroatoms. The summed E-state index contributed by atoms with van der Waals surface area (Å²) in [5.74, 6) is 0.467. The zero-order chi connectivity index (χ0) is 19.6. The Labute approximate surface area is 166 Å². The Kier molecular flexibility index (Phi) is 5.78. The molecule has 3 heterocycles. The summed E-state index contributed by atoms with van der Waals surface area (Å²) in [7, 11) is -3.91. The maximum Gasteiger partial charge on any atom is 0.274 e. The first-order valence-corrected chi connectivity index (χ1v) is 10.8. The molecule has 2 aromatic heterocycles. The van der Waals surface area contributed by atoms with Gasteiger partial charge in [0.1, 0.15) is 16.4 Å². The molecule has 8 nitrogen and oxygen atoms in total. The van der Waals surface area contributed by atoms with Gasteiger partial charge >= 0.3 is 0 Å². The Morgan fingerprint density at radius 1 is 1.19 bits per heavy atom. The summed E-state index contributed by atoms with van der Waals surface area (Å²) in [6.07, 6.45) is 6.24. The topological polar surface area (TPSA) is 118 Å². The first-order valence-electron chi connectivity index (χ1n) is 8.47. The quantitative estimate of drug-likeness (QED) is 0.733. The summed E-state index contributed by atoms with van der Waals surface area (Å²) < 4.78 is 23.0. The highest BCUT2D eigenvalue weighted by Crippen LogP contribution is 2.24. The molecular formula is C17H20BrN5O3S. The number of piperidine rings is 1. The van der Waals surface area contributed by atoms with Gasteiger partial charge < -0.3 is 10.2 Å². The van der Waals surface area contributed by atoms with Gasteiger partial charge in [0, 0.05) is 23.8 Å². The van der Waals surface area contributed by atoms with Gasteiger partial charge in [-0.15, -0.1) is 0 Å². The molecule has 0 spiro atoms. The maximum absolute atomic E-state index is 12.4. The van der Waals surface area contributed by atoms with E-state index in [0.29, 0.717) is 5.69 Å². The highest BCUT2D eigenvalue weighted by Gasteiger charge is 2.18. The number of nitrogens with zero attached hydrogens (tertiary/aromatic N) is 3. The predicted molar refractivity (Wildman–Crippen MR) is 106 cm³/mol. The molecule has 2 aromatic rings. The fourth-order valence-corrected chi connectivity index (χ4v) is 4.55. The number of pyridine rings is 2. The standard InChI is InChI=1S/C17H20BrN5O3S/c1-11-7-12(9-21-16(11)23-5-3-2-4-6-23)22-17(24)14-8-13(18)15(10-20-14)27(19,25)26/h7-10H,2-6H2,1H3,(H,22,24)(H2,19,25,26). The van der Waals surface area contributed by atoms with Gasteiger partial charge in [0.25, 0.3) is 5.91 Å². The molecule has 1 amide bonds. The largest absolute Gasteiger partial charge is 0.356 e. The molecule has 0 bridgehead atoms. The Morgan fingerprint density at radius 2 is 1.89 bits per heavy atom. The minimum absolute atomic E-state index is 0.0621. The highest BCUT2D eigenvalue weighted by atomic mass is 79.9. The van der Waals surface area contributed by atoms with E-state index in [4.69, 9.17) is 5.14 Å². The van der Waals surface area contributed by atoms with Crippen LogP contribution in [0.1, 0.15) is 35.3 Å². The monoisotopic (exact) mass is 453 g/mol. The van der Waals surface area contributed by atoms with E-state index < -0.39 is 15.9 Å². The van der Waals surface area contributed by atoms with E-state index in [2.05, 4.69) is 36.1 Å². The molecule has 27 heavy (non-hydrogen) atoms. The van der Waals surface area contributed by atoms with Crippen molar-refractivity contribution < 1.29 is 13.2 Å². The molecule has 1 aliphatic rings. The molecule has 0 atom stereocenters. The van der Waals surface area contributed by atoms with Crippen molar-refractivity contribution in [2.75, 3.05) is 23.3 Å². The number of rotatable bonds is 4. The van der Waals surface area contributed by atoms with Gasteiger partial charge in [-0.1, -0.05) is 0 Å². The Hall–Kier alpha value is -2.04. The second kappa shape index (κ2) is 7.91. The lowest BCUT2D eigenvalue weighted by Gasteiger charge is -2.29. The normalized spacial score (nSPS) is 14.9. The molecule has 1 fully saturated rings. The van der Waals surface area contributed by atoms with Crippen LogP contribution in [0, 0.1) is 6.92 Å². The number of aryl methyl sites for hydroxylation is 1. The van der Waals surface area contributed by atoms with Gasteiger partial charge in [0.15, 0.2) is 0 Å². The third-order valence-corrected chi connectivity index (χ3v) is 6.18. The van der Waals surface area contributed by atoms with Gasteiger partial charge in [-0.05, 0) is 59.8 Å². The minimum Gasteiger partial charge on any atom is -0.356 e. The lowest BCUT2D eigenvalue weighted by atomic mass is 10.1. The summed E-state index contributed by atoms with van der Waals surface area (Å²) in [5.41, 5.74) is 1.59. The van der Waals surface area contributed by atoms with Gasteiger partial charge in [-0.2, -0.15) is 0 Å². The van der Waals surface area contributed by atoms with Crippen LogP contribution in [0.3, 0.4) is 0 Å². The number of sulfonamides is 1. The number of nitrogens with one attached hydrogen (secondary N) is 1. The van der Waals surface area contributed by atoms with Crippen LogP contribution in [0.15, 0.2) is 33.9 Å². The van der Waals surface area contributed by atoms with Crippen molar-refractivity contribution in [2.45, 2.75) is 31.1 Å². The molecule has 144 valence electrons. The van der Waals surface area contributed by atoms with Gasteiger partial charge in [-0.3, -0.25) is 4.79 Å². The third-order valence-electron chi connectivity index (χ3n) is 4.32. The minimum atomic E-state index is -3.91. The SMILES string of the molecule is Cc1cc(NC(=O)c2cc(Br)c(S(N)(=O)=O)cn2)cnc1N1CCCCC1. The molecule has 0 aliphatic carbocycles. The van der Waals surface area contributed by atoms with Crippen molar-refractivity contribution in [2.24, 2.45) is 5.14 Å².